The predicted molar refractivity (Wildman–Crippen MR) is 108 cm³/mol. The van der Waals surface area contributed by atoms with Gasteiger partial charge in [0.1, 0.15) is 12.1 Å². The summed E-state index contributed by atoms with van der Waals surface area (Å²) < 4.78 is 3.06. The smallest absolute Gasteiger partial charge is 0.291 e. The van der Waals surface area contributed by atoms with Crippen molar-refractivity contribution < 1.29 is 9.90 Å². The third-order valence-corrected chi connectivity index (χ3v) is 5.33. The fourth-order valence-electron chi connectivity index (χ4n) is 3.88. The highest BCUT2D eigenvalue weighted by molar-refractivity contribution is 5.88. The van der Waals surface area contributed by atoms with E-state index in [-0.39, 0.29) is 30.2 Å². The number of amides is 1. The number of aliphatic hydroxyl groups is 1. The highest BCUT2D eigenvalue weighted by Crippen LogP contribution is 2.22. The van der Waals surface area contributed by atoms with Gasteiger partial charge in [0.05, 0.1) is 11.6 Å². The lowest BCUT2D eigenvalue weighted by atomic mass is 9.93. The van der Waals surface area contributed by atoms with E-state index < -0.39 is 0 Å². The van der Waals surface area contributed by atoms with Crippen LogP contribution in [0, 0.1) is 0 Å². The molecule has 1 amide bonds. The van der Waals surface area contributed by atoms with Gasteiger partial charge in [0.2, 0.25) is 11.9 Å². The summed E-state index contributed by atoms with van der Waals surface area (Å²) in [6.07, 6.45) is 2.61. The zero-order valence-corrected chi connectivity index (χ0v) is 16.1. The summed E-state index contributed by atoms with van der Waals surface area (Å²) in [5.41, 5.74) is 1.10. The highest BCUT2D eigenvalue weighted by Gasteiger charge is 2.22. The van der Waals surface area contributed by atoms with E-state index in [0.29, 0.717) is 24.3 Å². The molecule has 0 saturated heterocycles. The molecule has 0 atom stereocenters. The standard InChI is InChI=1S/C20H25N5O3/c1-23(2)20-22-24(12-18(27)21-14-7-9-15(26)10-8-14)19(28)17-11-13-5-3-4-6-16(13)25(17)20/h3-6,11,14-15,26H,7-10,12H2,1-2H3,(H,21,27). The van der Waals surface area contributed by atoms with Gasteiger partial charge in [-0.1, -0.05) is 18.2 Å². The number of benzene rings is 1. The van der Waals surface area contributed by atoms with Crippen LogP contribution in [0.3, 0.4) is 0 Å². The van der Waals surface area contributed by atoms with Crippen molar-refractivity contribution in [1.82, 2.24) is 19.5 Å². The number of nitrogens with one attached hydrogen (secondary N) is 1. The summed E-state index contributed by atoms with van der Waals surface area (Å²) >= 11 is 0. The highest BCUT2D eigenvalue weighted by atomic mass is 16.3. The number of rotatable bonds is 4. The molecule has 8 nitrogen and oxygen atoms in total. The van der Waals surface area contributed by atoms with Crippen molar-refractivity contribution in [2.24, 2.45) is 0 Å². The Kier molecular flexibility index (Phi) is 4.80. The molecular formula is C20H25N5O3. The molecule has 2 aromatic heterocycles. The van der Waals surface area contributed by atoms with Crippen LogP contribution in [0.15, 0.2) is 35.1 Å². The van der Waals surface area contributed by atoms with Crippen LogP contribution >= 0.6 is 0 Å². The molecule has 0 unspecified atom stereocenters. The van der Waals surface area contributed by atoms with E-state index in [2.05, 4.69) is 10.4 Å². The van der Waals surface area contributed by atoms with Crippen LogP contribution in [0.25, 0.3) is 16.4 Å². The molecular weight excluding hydrogens is 358 g/mol. The first-order chi connectivity index (χ1) is 13.4. The average Bonchev–Trinajstić information content (AvgIpc) is 3.05. The molecule has 0 spiro atoms. The van der Waals surface area contributed by atoms with Gasteiger partial charge in [-0.2, -0.15) is 0 Å². The Morgan fingerprint density at radius 3 is 2.64 bits per heavy atom. The zero-order valence-electron chi connectivity index (χ0n) is 16.1. The number of hydrogen-bond acceptors (Lipinski definition) is 5. The van der Waals surface area contributed by atoms with E-state index in [1.54, 1.807) is 0 Å². The molecule has 0 aliphatic heterocycles. The summed E-state index contributed by atoms with van der Waals surface area (Å²) in [6, 6.07) is 9.63. The normalized spacial score (nSPS) is 19.8. The Labute approximate surface area is 162 Å². The van der Waals surface area contributed by atoms with E-state index in [1.807, 2.05) is 53.7 Å². The van der Waals surface area contributed by atoms with Crippen LogP contribution in [0.5, 0.6) is 0 Å². The second-order valence-electron chi connectivity index (χ2n) is 7.65. The van der Waals surface area contributed by atoms with Gasteiger partial charge in [0, 0.05) is 25.5 Å². The maximum atomic E-state index is 13.0. The van der Waals surface area contributed by atoms with Crippen LogP contribution in [0.2, 0.25) is 0 Å². The number of fused-ring (bicyclic) bond motifs is 3. The van der Waals surface area contributed by atoms with Crippen LogP contribution in [0.1, 0.15) is 25.7 Å². The fourth-order valence-corrected chi connectivity index (χ4v) is 3.88. The molecule has 3 aromatic rings. The quantitative estimate of drug-likeness (QED) is 0.705. The van der Waals surface area contributed by atoms with Gasteiger partial charge in [0.25, 0.3) is 5.56 Å². The molecule has 2 heterocycles. The van der Waals surface area contributed by atoms with Crippen LogP contribution in [-0.2, 0) is 11.3 Å². The van der Waals surface area contributed by atoms with Gasteiger partial charge >= 0.3 is 0 Å². The van der Waals surface area contributed by atoms with Crippen LogP contribution in [-0.4, -0.2) is 51.4 Å². The summed E-state index contributed by atoms with van der Waals surface area (Å²) in [5, 5.41) is 18.0. The largest absolute Gasteiger partial charge is 0.393 e. The van der Waals surface area contributed by atoms with Gasteiger partial charge in [-0.15, -0.1) is 5.10 Å². The van der Waals surface area contributed by atoms with E-state index in [9.17, 15) is 14.7 Å². The van der Waals surface area contributed by atoms with Crippen molar-refractivity contribution >= 4 is 28.3 Å². The maximum absolute atomic E-state index is 13.0. The third-order valence-electron chi connectivity index (χ3n) is 5.33. The number of para-hydroxylation sites is 1. The lowest BCUT2D eigenvalue weighted by molar-refractivity contribution is -0.123. The molecule has 8 heteroatoms. The van der Waals surface area contributed by atoms with Gasteiger partial charge in [0.15, 0.2) is 0 Å². The number of aliphatic hydroxyl groups excluding tert-OH is 1. The van der Waals surface area contributed by atoms with Gasteiger partial charge < -0.3 is 15.3 Å². The predicted octanol–water partition coefficient (Wildman–Crippen LogP) is 1.13. The number of nitrogens with zero attached hydrogens (tertiary/aromatic N) is 4. The molecule has 0 bridgehead atoms. The van der Waals surface area contributed by atoms with Crippen molar-refractivity contribution in [3.8, 4) is 0 Å². The van der Waals surface area contributed by atoms with Crippen molar-refractivity contribution in [2.45, 2.75) is 44.4 Å². The first-order valence-corrected chi connectivity index (χ1v) is 9.60. The molecule has 28 heavy (non-hydrogen) atoms. The number of carbonyl (C=O) groups is 1. The Morgan fingerprint density at radius 2 is 1.93 bits per heavy atom. The molecule has 1 saturated carbocycles. The number of hydrogen-bond donors (Lipinski definition) is 2. The third kappa shape index (κ3) is 3.35. The number of aromatic nitrogens is 3. The molecule has 2 N–H and O–H groups in total. The monoisotopic (exact) mass is 383 g/mol. The Hall–Kier alpha value is -2.87. The van der Waals surface area contributed by atoms with Gasteiger partial charge in [-0.3, -0.25) is 14.0 Å². The summed E-state index contributed by atoms with van der Waals surface area (Å²) in [6.45, 7) is -0.128. The van der Waals surface area contributed by atoms with Gasteiger partial charge in [-0.25, -0.2) is 4.68 Å². The lowest BCUT2D eigenvalue weighted by Crippen LogP contribution is -2.42. The summed E-state index contributed by atoms with van der Waals surface area (Å²) in [4.78, 5) is 27.3. The molecule has 1 aromatic carbocycles. The Morgan fingerprint density at radius 1 is 1.21 bits per heavy atom. The minimum atomic E-state index is -0.295. The second-order valence-corrected chi connectivity index (χ2v) is 7.65. The average molecular weight is 383 g/mol. The number of anilines is 1. The first-order valence-electron chi connectivity index (χ1n) is 9.60. The molecule has 1 aliphatic rings. The van der Waals surface area contributed by atoms with Crippen molar-refractivity contribution in [3.05, 3.63) is 40.7 Å². The Balaban J connectivity index is 1.67. The van der Waals surface area contributed by atoms with E-state index in [0.717, 1.165) is 23.7 Å². The van der Waals surface area contributed by atoms with E-state index >= 15 is 0 Å². The first kappa shape index (κ1) is 18.5. The van der Waals surface area contributed by atoms with Crippen molar-refractivity contribution in [1.29, 1.82) is 0 Å². The lowest BCUT2D eigenvalue weighted by Gasteiger charge is -2.26. The maximum Gasteiger partial charge on any atom is 0.291 e. The Bertz CT molecular complexity index is 1080. The summed E-state index contributed by atoms with van der Waals surface area (Å²) in [7, 11) is 3.72. The molecule has 0 radical (unpaired) electrons. The topological polar surface area (TPSA) is 91.9 Å². The minimum absolute atomic E-state index is 0.0412. The minimum Gasteiger partial charge on any atom is -0.393 e. The van der Waals surface area contributed by atoms with E-state index in [1.165, 1.54) is 4.68 Å². The molecule has 4 rings (SSSR count). The molecule has 148 valence electrons. The van der Waals surface area contributed by atoms with Crippen LogP contribution < -0.4 is 15.8 Å². The van der Waals surface area contributed by atoms with E-state index in [4.69, 9.17) is 0 Å². The molecule has 1 fully saturated rings. The van der Waals surface area contributed by atoms with Crippen molar-refractivity contribution in [2.75, 3.05) is 19.0 Å². The zero-order chi connectivity index (χ0) is 19.8. The fraction of sp³-hybridized carbons (Fsp3) is 0.450. The van der Waals surface area contributed by atoms with Crippen molar-refractivity contribution in [3.63, 3.8) is 0 Å². The SMILES string of the molecule is CN(C)c1nn(CC(=O)NC2CCC(O)CC2)c(=O)c2cc3ccccc3n12. The second kappa shape index (κ2) is 7.27. The van der Waals surface area contributed by atoms with Gasteiger partial charge in [-0.05, 0) is 37.8 Å². The molecule has 1 aliphatic carbocycles. The summed E-state index contributed by atoms with van der Waals surface area (Å²) in [5.74, 6) is 0.352. The van der Waals surface area contributed by atoms with Crippen LogP contribution in [0.4, 0.5) is 5.95 Å². The number of carbonyl (C=O) groups excluding carboxylic acids is 1.